The summed E-state index contributed by atoms with van der Waals surface area (Å²) >= 11 is 0. The van der Waals surface area contributed by atoms with Gasteiger partial charge in [-0.3, -0.25) is 19.4 Å². The number of fused-ring (bicyclic) bond motifs is 1. The van der Waals surface area contributed by atoms with Crippen LogP contribution < -0.4 is 0 Å². The number of hydrogen-bond acceptors (Lipinski definition) is 10. The van der Waals surface area contributed by atoms with Gasteiger partial charge in [0.2, 0.25) is 0 Å². The van der Waals surface area contributed by atoms with Crippen molar-refractivity contribution in [2.45, 2.75) is 116 Å². The molecule has 2 saturated heterocycles. The number of likely N-dealkylation sites (tertiary alicyclic amines) is 2. The monoisotopic (exact) mass is 742 g/mol. The Hall–Kier alpha value is -5.26. The minimum atomic E-state index is -0.813. The number of rotatable bonds is 9. The van der Waals surface area contributed by atoms with Crippen LogP contribution in [0.25, 0.3) is 21.9 Å². The first-order valence-corrected chi connectivity index (χ1v) is 18.4. The fraction of sp³-hybridized carbons (Fsp3) is 0.476. The Morgan fingerprint density at radius 3 is 1.44 bits per heavy atom. The summed E-state index contributed by atoms with van der Waals surface area (Å²) in [6, 6.07) is 15.9. The van der Waals surface area contributed by atoms with Crippen molar-refractivity contribution in [2.24, 2.45) is 0 Å². The Labute approximate surface area is 316 Å². The minimum absolute atomic E-state index is 0.191. The molecule has 2 fully saturated rings. The van der Waals surface area contributed by atoms with Crippen molar-refractivity contribution in [3.05, 3.63) is 71.8 Å². The molecule has 2 aliphatic heterocycles. The molecule has 0 aliphatic carbocycles. The Morgan fingerprint density at radius 1 is 0.556 bits per heavy atom. The van der Waals surface area contributed by atoms with Gasteiger partial charge in [0.25, 0.3) is 0 Å². The van der Waals surface area contributed by atoms with Gasteiger partial charge in [-0.15, -0.1) is 0 Å². The molecular weight excluding hydrogens is 692 g/mol. The van der Waals surface area contributed by atoms with E-state index in [4.69, 9.17) is 18.9 Å². The molecule has 2 heterocycles. The minimum Gasteiger partial charge on any atom is -0.456 e. The van der Waals surface area contributed by atoms with Gasteiger partial charge in [0, 0.05) is 23.2 Å². The van der Waals surface area contributed by atoms with E-state index in [1.54, 1.807) is 77.9 Å². The molecule has 5 rings (SSSR count). The first-order chi connectivity index (χ1) is 25.3. The summed E-state index contributed by atoms with van der Waals surface area (Å²) in [5.41, 5.74) is 1.08. The largest absolute Gasteiger partial charge is 0.456 e. The van der Waals surface area contributed by atoms with Gasteiger partial charge in [-0.2, -0.15) is 0 Å². The summed E-state index contributed by atoms with van der Waals surface area (Å²) in [5.74, 6) is -2.01. The maximum atomic E-state index is 13.0. The molecular formula is C42H50N2O10. The van der Waals surface area contributed by atoms with E-state index in [1.807, 2.05) is 38.1 Å². The molecule has 2 aliphatic rings. The van der Waals surface area contributed by atoms with Crippen molar-refractivity contribution >= 4 is 46.5 Å². The zero-order valence-corrected chi connectivity index (χ0v) is 32.3. The van der Waals surface area contributed by atoms with Crippen LogP contribution in [0.4, 0.5) is 9.59 Å². The molecule has 2 amide bonds. The number of carbonyl (C=O) groups is 6. The van der Waals surface area contributed by atoms with Crippen LogP contribution in [0, 0.1) is 0 Å². The standard InChI is InChI=1S/C42H50N2O10/c1-25-9-19-33(43(25)39(49)53-41(3,4)5)37(47)51-23-35(45)28-13-11-27(12-14-28)29-15-16-31-22-32(18-17-30(31)21-29)36(46)24-52-38(48)34-20-10-26(2)44(34)40(50)54-42(6,7)8/h11-18,21-22,25-26,33-34H,9-10,19-20,23-24H2,1-8H3/t25-,26-,33+,34+/m1/s1. The lowest BCUT2D eigenvalue weighted by atomic mass is 9.98. The fourth-order valence-electron chi connectivity index (χ4n) is 6.76. The van der Waals surface area contributed by atoms with Gasteiger partial charge in [0.15, 0.2) is 24.8 Å². The normalized spacial score (nSPS) is 20.1. The number of Topliss-reactive ketones (excluding diaryl/α,β-unsaturated/α-hetero) is 2. The lowest BCUT2D eigenvalue weighted by Crippen LogP contribution is -2.47. The van der Waals surface area contributed by atoms with Crippen molar-refractivity contribution in [2.75, 3.05) is 13.2 Å². The molecule has 0 aromatic heterocycles. The lowest BCUT2D eigenvalue weighted by molar-refractivity contribution is -0.148. The lowest BCUT2D eigenvalue weighted by Gasteiger charge is -2.30. The van der Waals surface area contributed by atoms with Crippen molar-refractivity contribution in [3.63, 3.8) is 0 Å². The molecule has 54 heavy (non-hydrogen) atoms. The third-order valence-electron chi connectivity index (χ3n) is 9.48. The second-order valence-electron chi connectivity index (χ2n) is 16.1. The maximum absolute atomic E-state index is 13.0. The van der Waals surface area contributed by atoms with E-state index in [2.05, 4.69) is 0 Å². The van der Waals surface area contributed by atoms with Crippen LogP contribution in [-0.2, 0) is 28.5 Å². The van der Waals surface area contributed by atoms with Crippen molar-refractivity contribution in [1.82, 2.24) is 9.80 Å². The van der Waals surface area contributed by atoms with Gasteiger partial charge < -0.3 is 18.9 Å². The smallest absolute Gasteiger partial charge is 0.411 e. The Kier molecular flexibility index (Phi) is 11.8. The number of nitrogens with zero attached hydrogens (tertiary/aromatic N) is 2. The van der Waals surface area contributed by atoms with Crippen LogP contribution in [0.1, 0.15) is 102 Å². The van der Waals surface area contributed by atoms with E-state index in [0.717, 1.165) is 21.9 Å². The van der Waals surface area contributed by atoms with E-state index in [1.165, 1.54) is 9.80 Å². The number of carbonyl (C=O) groups excluding carboxylic acids is 6. The summed E-state index contributed by atoms with van der Waals surface area (Å²) in [6.07, 6.45) is 0.940. The first-order valence-electron chi connectivity index (χ1n) is 18.4. The van der Waals surface area contributed by atoms with Crippen LogP contribution in [0.3, 0.4) is 0 Å². The predicted octanol–water partition coefficient (Wildman–Crippen LogP) is 7.53. The van der Waals surface area contributed by atoms with Crippen LogP contribution >= 0.6 is 0 Å². The van der Waals surface area contributed by atoms with E-state index < -0.39 is 60.6 Å². The first kappa shape index (κ1) is 39.9. The second kappa shape index (κ2) is 16.0. The van der Waals surface area contributed by atoms with Gasteiger partial charge in [-0.25, -0.2) is 19.2 Å². The van der Waals surface area contributed by atoms with Crippen LogP contribution in [0.5, 0.6) is 0 Å². The summed E-state index contributed by atoms with van der Waals surface area (Å²) in [7, 11) is 0. The highest BCUT2D eigenvalue weighted by Crippen LogP contribution is 2.30. The highest BCUT2D eigenvalue weighted by molar-refractivity contribution is 6.02. The van der Waals surface area contributed by atoms with Gasteiger partial charge in [0.05, 0.1) is 0 Å². The second-order valence-corrected chi connectivity index (χ2v) is 16.1. The highest BCUT2D eigenvalue weighted by Gasteiger charge is 2.43. The van der Waals surface area contributed by atoms with Crippen molar-refractivity contribution < 1.29 is 47.7 Å². The zero-order valence-electron chi connectivity index (χ0n) is 32.3. The molecule has 3 aromatic rings. The highest BCUT2D eigenvalue weighted by atomic mass is 16.6. The molecule has 288 valence electrons. The molecule has 0 bridgehead atoms. The molecule has 12 heteroatoms. The van der Waals surface area contributed by atoms with Crippen LogP contribution in [0.15, 0.2) is 60.7 Å². The third-order valence-corrected chi connectivity index (χ3v) is 9.48. The molecule has 3 aromatic carbocycles. The van der Waals surface area contributed by atoms with Gasteiger partial charge in [-0.05, 0) is 115 Å². The molecule has 0 N–H and O–H groups in total. The molecule has 0 saturated carbocycles. The van der Waals surface area contributed by atoms with Gasteiger partial charge in [-0.1, -0.05) is 48.5 Å². The summed E-state index contributed by atoms with van der Waals surface area (Å²) < 4.78 is 21.7. The topological polar surface area (TPSA) is 146 Å². The number of benzene rings is 3. The van der Waals surface area contributed by atoms with Crippen LogP contribution in [0.2, 0.25) is 0 Å². The van der Waals surface area contributed by atoms with Gasteiger partial charge >= 0.3 is 24.1 Å². The molecule has 0 spiro atoms. The SMILES string of the molecule is C[C@@H]1CC[C@@H](C(=O)OCC(=O)c2ccc(-c3ccc4cc(C(=O)COC(=O)[C@@H]5CC[C@@H](C)N5C(=O)OC(C)(C)C)ccc4c3)cc2)N1C(=O)OC(C)(C)C. The van der Waals surface area contributed by atoms with Crippen molar-refractivity contribution in [1.29, 1.82) is 0 Å². The number of amides is 2. The van der Waals surface area contributed by atoms with E-state index in [-0.39, 0.29) is 23.7 Å². The summed E-state index contributed by atoms with van der Waals surface area (Å²) in [6.45, 7) is 13.3. The van der Waals surface area contributed by atoms with E-state index in [0.29, 0.717) is 36.8 Å². The molecule has 0 radical (unpaired) electrons. The van der Waals surface area contributed by atoms with Crippen molar-refractivity contribution in [3.8, 4) is 11.1 Å². The van der Waals surface area contributed by atoms with Gasteiger partial charge in [0.1, 0.15) is 23.3 Å². The predicted molar refractivity (Wildman–Crippen MR) is 201 cm³/mol. The zero-order chi connectivity index (χ0) is 39.5. The average Bonchev–Trinajstić information content (AvgIpc) is 3.69. The van der Waals surface area contributed by atoms with Crippen LogP contribution in [-0.4, -0.2) is 94.1 Å². The number of hydrogen-bond donors (Lipinski definition) is 0. The summed E-state index contributed by atoms with van der Waals surface area (Å²) in [5, 5.41) is 1.69. The number of ketones is 2. The fourth-order valence-corrected chi connectivity index (χ4v) is 6.76. The maximum Gasteiger partial charge on any atom is 0.411 e. The quantitative estimate of drug-likeness (QED) is 0.122. The van der Waals surface area contributed by atoms with E-state index in [9.17, 15) is 28.8 Å². The molecule has 12 nitrogen and oxygen atoms in total. The Bertz CT molecular complexity index is 1920. The average molecular weight is 743 g/mol. The Balaban J connectivity index is 1.16. The number of ether oxygens (including phenoxy) is 4. The Morgan fingerprint density at radius 2 is 0.963 bits per heavy atom. The number of esters is 2. The van der Waals surface area contributed by atoms with E-state index >= 15 is 0 Å². The third kappa shape index (κ3) is 9.64. The summed E-state index contributed by atoms with van der Waals surface area (Å²) in [4.78, 5) is 80.1. The molecule has 0 unspecified atom stereocenters. The molecule has 4 atom stereocenters.